The van der Waals surface area contributed by atoms with E-state index in [2.05, 4.69) is 22.4 Å². The maximum Gasteiger partial charge on any atom is 0.0473 e. The number of aryl methyl sites for hydroxylation is 1. The first-order valence-electron chi connectivity index (χ1n) is 5.77. The molecule has 0 fully saturated rings. The van der Waals surface area contributed by atoms with E-state index in [0.717, 1.165) is 11.4 Å². The first kappa shape index (κ1) is 10.2. The van der Waals surface area contributed by atoms with E-state index >= 15 is 0 Å². The molecule has 1 atom stereocenters. The highest BCUT2D eigenvalue weighted by Gasteiger charge is 2.22. The normalized spacial score (nSPS) is 20.0. The predicted molar refractivity (Wildman–Crippen MR) is 68.0 cm³/mol. The minimum atomic E-state index is 0.468. The summed E-state index contributed by atoms with van der Waals surface area (Å²) in [7, 11) is 2.03. The van der Waals surface area contributed by atoms with Crippen LogP contribution in [-0.2, 0) is 6.42 Å². The van der Waals surface area contributed by atoms with Gasteiger partial charge in [-0.25, -0.2) is 0 Å². The van der Waals surface area contributed by atoms with Crippen LogP contribution in [0.15, 0.2) is 18.2 Å². The molecule has 1 aromatic carbocycles. The predicted octanol–water partition coefficient (Wildman–Crippen LogP) is 3.42. The van der Waals surface area contributed by atoms with Gasteiger partial charge in [0.15, 0.2) is 0 Å². The molecule has 1 unspecified atom stereocenters. The zero-order chi connectivity index (χ0) is 11.1. The summed E-state index contributed by atoms with van der Waals surface area (Å²) in [5.41, 5.74) is 4.01. The fraction of sp³-hybridized carbons (Fsp3) is 0.385. The Morgan fingerprint density at radius 2 is 2.31 bits per heavy atom. The van der Waals surface area contributed by atoms with E-state index in [1.807, 2.05) is 13.1 Å². The van der Waals surface area contributed by atoms with Gasteiger partial charge in [0.2, 0.25) is 0 Å². The Bertz CT molecular complexity index is 530. The lowest BCUT2D eigenvalue weighted by Crippen LogP contribution is -2.21. The molecule has 1 aliphatic rings. The third-order valence-corrected chi connectivity index (χ3v) is 3.75. The van der Waals surface area contributed by atoms with Gasteiger partial charge in [0.05, 0.1) is 0 Å². The molecule has 16 heavy (non-hydrogen) atoms. The molecular formula is C13H15ClN2. The van der Waals surface area contributed by atoms with Crippen LogP contribution in [0, 0.1) is 0 Å². The van der Waals surface area contributed by atoms with Crippen molar-refractivity contribution in [1.29, 1.82) is 0 Å². The van der Waals surface area contributed by atoms with E-state index in [1.54, 1.807) is 0 Å². The van der Waals surface area contributed by atoms with E-state index in [-0.39, 0.29) is 0 Å². The van der Waals surface area contributed by atoms with Crippen molar-refractivity contribution in [1.82, 2.24) is 10.3 Å². The quantitative estimate of drug-likeness (QED) is 0.778. The maximum atomic E-state index is 6.06. The molecule has 2 nitrogen and oxygen atoms in total. The Hall–Kier alpha value is -0.990. The molecule has 0 aliphatic heterocycles. The van der Waals surface area contributed by atoms with Crippen molar-refractivity contribution < 1.29 is 0 Å². The summed E-state index contributed by atoms with van der Waals surface area (Å²) < 4.78 is 0. The molecule has 1 aromatic heterocycles. The van der Waals surface area contributed by atoms with Crippen LogP contribution in [0.25, 0.3) is 10.9 Å². The van der Waals surface area contributed by atoms with Gasteiger partial charge in [-0.3, -0.25) is 0 Å². The van der Waals surface area contributed by atoms with Crippen LogP contribution in [-0.4, -0.2) is 12.0 Å². The van der Waals surface area contributed by atoms with E-state index in [4.69, 9.17) is 11.6 Å². The van der Waals surface area contributed by atoms with Gasteiger partial charge in [-0.1, -0.05) is 11.6 Å². The Morgan fingerprint density at radius 3 is 3.12 bits per heavy atom. The Balaban J connectivity index is 2.24. The Morgan fingerprint density at radius 1 is 1.44 bits per heavy atom. The average Bonchev–Trinajstić information content (AvgIpc) is 2.67. The summed E-state index contributed by atoms with van der Waals surface area (Å²) in [4.78, 5) is 3.52. The second-order valence-corrected chi connectivity index (χ2v) is 4.88. The lowest BCUT2D eigenvalue weighted by atomic mass is 9.92. The molecule has 1 aliphatic carbocycles. The van der Waals surface area contributed by atoms with Crippen molar-refractivity contribution in [3.63, 3.8) is 0 Å². The number of H-pyrrole nitrogens is 1. The molecule has 0 amide bonds. The van der Waals surface area contributed by atoms with Crippen molar-refractivity contribution >= 4 is 22.5 Å². The topological polar surface area (TPSA) is 27.8 Å². The highest BCUT2D eigenvalue weighted by Crippen LogP contribution is 2.35. The standard InChI is InChI=1S/C13H15ClN2/c1-15-12-4-2-3-9-10-7-8(14)5-6-11(10)16-13(9)12/h5-7,12,15-16H,2-4H2,1H3. The highest BCUT2D eigenvalue weighted by molar-refractivity contribution is 6.31. The summed E-state index contributed by atoms with van der Waals surface area (Å²) >= 11 is 6.06. The van der Waals surface area contributed by atoms with Crippen LogP contribution in [0.1, 0.15) is 30.1 Å². The van der Waals surface area contributed by atoms with Crippen LogP contribution in [0.4, 0.5) is 0 Å². The molecule has 84 valence electrons. The molecule has 0 radical (unpaired) electrons. The minimum Gasteiger partial charge on any atom is -0.357 e. The molecule has 0 saturated heterocycles. The van der Waals surface area contributed by atoms with Crippen LogP contribution >= 0.6 is 11.6 Å². The molecule has 0 spiro atoms. The Kier molecular flexibility index (Phi) is 2.41. The van der Waals surface area contributed by atoms with Gasteiger partial charge in [-0.15, -0.1) is 0 Å². The van der Waals surface area contributed by atoms with Crippen LogP contribution < -0.4 is 5.32 Å². The van der Waals surface area contributed by atoms with Crippen molar-refractivity contribution in [2.75, 3.05) is 7.05 Å². The average molecular weight is 235 g/mol. The van der Waals surface area contributed by atoms with Gasteiger partial charge in [-0.05, 0) is 50.1 Å². The number of rotatable bonds is 1. The van der Waals surface area contributed by atoms with Gasteiger partial charge in [0, 0.05) is 27.7 Å². The molecule has 1 heterocycles. The van der Waals surface area contributed by atoms with Gasteiger partial charge in [0.25, 0.3) is 0 Å². The second kappa shape index (κ2) is 3.79. The lowest BCUT2D eigenvalue weighted by molar-refractivity contribution is 0.489. The smallest absolute Gasteiger partial charge is 0.0473 e. The van der Waals surface area contributed by atoms with Crippen molar-refractivity contribution in [3.05, 3.63) is 34.5 Å². The van der Waals surface area contributed by atoms with E-state index < -0.39 is 0 Å². The van der Waals surface area contributed by atoms with E-state index in [0.29, 0.717) is 6.04 Å². The fourth-order valence-electron chi connectivity index (χ4n) is 2.72. The molecule has 2 aromatic rings. The zero-order valence-corrected chi connectivity index (χ0v) is 10.1. The molecule has 3 rings (SSSR count). The number of aromatic amines is 1. The molecule has 0 saturated carbocycles. The molecule has 3 heteroatoms. The first-order valence-corrected chi connectivity index (χ1v) is 6.14. The lowest BCUT2D eigenvalue weighted by Gasteiger charge is -2.21. The monoisotopic (exact) mass is 234 g/mol. The number of aromatic nitrogens is 1. The molecular weight excluding hydrogens is 220 g/mol. The fourth-order valence-corrected chi connectivity index (χ4v) is 2.90. The van der Waals surface area contributed by atoms with E-state index in [9.17, 15) is 0 Å². The van der Waals surface area contributed by atoms with Crippen LogP contribution in [0.2, 0.25) is 5.02 Å². The van der Waals surface area contributed by atoms with Gasteiger partial charge in [0.1, 0.15) is 0 Å². The summed E-state index contributed by atoms with van der Waals surface area (Å²) in [5, 5.41) is 5.49. The summed E-state index contributed by atoms with van der Waals surface area (Å²) in [5.74, 6) is 0. The number of fused-ring (bicyclic) bond motifs is 3. The summed E-state index contributed by atoms with van der Waals surface area (Å²) in [6.45, 7) is 0. The van der Waals surface area contributed by atoms with Crippen molar-refractivity contribution in [3.8, 4) is 0 Å². The van der Waals surface area contributed by atoms with Gasteiger partial charge >= 0.3 is 0 Å². The second-order valence-electron chi connectivity index (χ2n) is 4.44. The van der Waals surface area contributed by atoms with Crippen LogP contribution in [0.3, 0.4) is 0 Å². The summed E-state index contributed by atoms with van der Waals surface area (Å²) in [6.07, 6.45) is 3.62. The largest absolute Gasteiger partial charge is 0.357 e. The molecule has 2 N–H and O–H groups in total. The van der Waals surface area contributed by atoms with Crippen molar-refractivity contribution in [2.45, 2.75) is 25.3 Å². The zero-order valence-electron chi connectivity index (χ0n) is 9.31. The molecule has 0 bridgehead atoms. The third-order valence-electron chi connectivity index (χ3n) is 3.52. The third kappa shape index (κ3) is 1.45. The van der Waals surface area contributed by atoms with Gasteiger partial charge in [-0.2, -0.15) is 0 Å². The SMILES string of the molecule is CNC1CCCc2c1[nH]c1ccc(Cl)cc21. The highest BCUT2D eigenvalue weighted by atomic mass is 35.5. The van der Waals surface area contributed by atoms with Crippen molar-refractivity contribution in [2.24, 2.45) is 0 Å². The first-order chi connectivity index (χ1) is 7.79. The maximum absolute atomic E-state index is 6.06. The van der Waals surface area contributed by atoms with Crippen LogP contribution in [0.5, 0.6) is 0 Å². The van der Waals surface area contributed by atoms with E-state index in [1.165, 1.54) is 35.0 Å². The number of hydrogen-bond donors (Lipinski definition) is 2. The van der Waals surface area contributed by atoms with Gasteiger partial charge < -0.3 is 10.3 Å². The Labute approximate surface area is 100.0 Å². The minimum absolute atomic E-state index is 0.468. The number of benzene rings is 1. The number of hydrogen-bond acceptors (Lipinski definition) is 1. The number of nitrogens with one attached hydrogen (secondary N) is 2. The summed E-state index contributed by atoms with van der Waals surface area (Å²) in [6, 6.07) is 6.56. The number of halogens is 1.